The SMILES string of the molecule is C(=N[C@H]1CCCC[C@H]1N=Cc1cccc2ccccc12)c1cccc2ccccc12. The van der Waals surface area contributed by atoms with Crippen molar-refractivity contribution >= 4 is 34.0 Å². The fourth-order valence-electron chi connectivity index (χ4n) is 4.52. The zero-order valence-corrected chi connectivity index (χ0v) is 17.1. The van der Waals surface area contributed by atoms with Crippen LogP contribution in [-0.2, 0) is 0 Å². The van der Waals surface area contributed by atoms with Crippen molar-refractivity contribution in [2.75, 3.05) is 0 Å². The van der Waals surface area contributed by atoms with Crippen LogP contribution in [0.2, 0.25) is 0 Å². The second-order valence-electron chi connectivity index (χ2n) is 8.11. The summed E-state index contributed by atoms with van der Waals surface area (Å²) < 4.78 is 0. The molecule has 2 heteroatoms. The largest absolute Gasteiger partial charge is 0.287 e. The zero-order valence-electron chi connectivity index (χ0n) is 17.1. The molecule has 0 heterocycles. The minimum atomic E-state index is 0.254. The molecule has 4 aromatic carbocycles. The van der Waals surface area contributed by atoms with Crippen LogP contribution >= 0.6 is 0 Å². The second kappa shape index (κ2) is 8.62. The molecule has 0 amide bonds. The number of hydrogen-bond donors (Lipinski definition) is 0. The highest BCUT2D eigenvalue weighted by Gasteiger charge is 2.23. The van der Waals surface area contributed by atoms with Crippen molar-refractivity contribution in [2.24, 2.45) is 9.98 Å². The average Bonchev–Trinajstić information content (AvgIpc) is 2.82. The molecule has 1 fully saturated rings. The second-order valence-corrected chi connectivity index (χ2v) is 8.11. The molecule has 0 radical (unpaired) electrons. The van der Waals surface area contributed by atoms with Gasteiger partial charge in [0, 0.05) is 23.6 Å². The molecule has 1 aliphatic carbocycles. The normalized spacial score (nSPS) is 19.9. The van der Waals surface area contributed by atoms with Crippen molar-refractivity contribution in [2.45, 2.75) is 37.8 Å². The van der Waals surface area contributed by atoms with Crippen molar-refractivity contribution in [1.29, 1.82) is 0 Å². The molecule has 0 unspecified atom stereocenters. The predicted octanol–water partition coefficient (Wildman–Crippen LogP) is 6.84. The van der Waals surface area contributed by atoms with E-state index in [1.54, 1.807) is 0 Å². The highest BCUT2D eigenvalue weighted by molar-refractivity contribution is 6.00. The Morgan fingerprint density at radius 3 is 1.47 bits per heavy atom. The van der Waals surface area contributed by atoms with E-state index in [0.717, 1.165) is 12.8 Å². The van der Waals surface area contributed by atoms with E-state index in [2.05, 4.69) is 97.4 Å². The molecular formula is C28H26N2. The Labute approximate surface area is 178 Å². The van der Waals surface area contributed by atoms with E-state index in [4.69, 9.17) is 9.98 Å². The number of nitrogens with zero attached hydrogens (tertiary/aromatic N) is 2. The van der Waals surface area contributed by atoms with E-state index in [0.29, 0.717) is 0 Å². The van der Waals surface area contributed by atoms with Crippen molar-refractivity contribution in [1.82, 2.24) is 0 Å². The zero-order chi connectivity index (χ0) is 20.2. The van der Waals surface area contributed by atoms with Crippen LogP contribution in [0.15, 0.2) is 94.9 Å². The fraction of sp³-hybridized carbons (Fsp3) is 0.214. The summed E-state index contributed by atoms with van der Waals surface area (Å²) in [6.07, 6.45) is 8.82. The van der Waals surface area contributed by atoms with Gasteiger partial charge in [-0.25, -0.2) is 0 Å². The average molecular weight is 391 g/mol. The van der Waals surface area contributed by atoms with E-state index in [1.807, 2.05) is 0 Å². The van der Waals surface area contributed by atoms with Crippen LogP contribution < -0.4 is 0 Å². The minimum absolute atomic E-state index is 0.254. The molecule has 2 nitrogen and oxygen atoms in total. The molecule has 1 saturated carbocycles. The van der Waals surface area contributed by atoms with E-state index in [1.165, 1.54) is 45.5 Å². The van der Waals surface area contributed by atoms with Crippen LogP contribution in [0, 0.1) is 0 Å². The van der Waals surface area contributed by atoms with Gasteiger partial charge in [0.25, 0.3) is 0 Å². The maximum atomic E-state index is 5.02. The summed E-state index contributed by atoms with van der Waals surface area (Å²) in [5.41, 5.74) is 2.38. The van der Waals surface area contributed by atoms with Gasteiger partial charge in [-0.05, 0) is 34.4 Å². The van der Waals surface area contributed by atoms with Crippen LogP contribution in [0.1, 0.15) is 36.8 Å². The Balaban J connectivity index is 1.40. The minimum Gasteiger partial charge on any atom is -0.287 e. The number of benzene rings is 4. The summed E-state index contributed by atoms with van der Waals surface area (Å²) in [7, 11) is 0. The third kappa shape index (κ3) is 3.91. The van der Waals surface area contributed by atoms with Gasteiger partial charge < -0.3 is 0 Å². The van der Waals surface area contributed by atoms with Crippen LogP contribution in [-0.4, -0.2) is 24.5 Å². The van der Waals surface area contributed by atoms with Gasteiger partial charge in [-0.2, -0.15) is 0 Å². The van der Waals surface area contributed by atoms with Gasteiger partial charge in [0.1, 0.15) is 0 Å². The monoisotopic (exact) mass is 390 g/mol. The number of hydrogen-bond acceptors (Lipinski definition) is 2. The quantitative estimate of drug-likeness (QED) is 0.341. The molecule has 2 atom stereocenters. The first-order chi connectivity index (χ1) is 14.9. The lowest BCUT2D eigenvalue weighted by atomic mass is 9.91. The van der Waals surface area contributed by atoms with Crippen LogP contribution in [0.25, 0.3) is 21.5 Å². The summed E-state index contributed by atoms with van der Waals surface area (Å²) in [5.74, 6) is 0. The molecule has 30 heavy (non-hydrogen) atoms. The number of rotatable bonds is 4. The van der Waals surface area contributed by atoms with Crippen molar-refractivity contribution < 1.29 is 0 Å². The Morgan fingerprint density at radius 1 is 0.533 bits per heavy atom. The standard InChI is InChI=1S/C28H26N2/c1-3-15-25-21(9-1)11-7-13-23(25)19-29-27-17-5-6-18-28(27)30-20-24-14-8-12-22-10-2-4-16-26(22)24/h1-4,7-16,19-20,27-28H,5-6,17-18H2/t27-,28+. The van der Waals surface area contributed by atoms with Gasteiger partial charge in [0.2, 0.25) is 0 Å². The smallest absolute Gasteiger partial charge is 0.0723 e. The molecular weight excluding hydrogens is 364 g/mol. The number of aliphatic imine (C=N–C) groups is 2. The molecule has 0 aliphatic heterocycles. The predicted molar refractivity (Wildman–Crippen MR) is 129 cm³/mol. The van der Waals surface area contributed by atoms with Crippen molar-refractivity contribution in [3.63, 3.8) is 0 Å². The molecule has 5 rings (SSSR count). The molecule has 0 bridgehead atoms. The van der Waals surface area contributed by atoms with Crippen LogP contribution in [0.3, 0.4) is 0 Å². The molecule has 0 spiro atoms. The molecule has 0 saturated heterocycles. The molecule has 1 aliphatic rings. The van der Waals surface area contributed by atoms with Gasteiger partial charge in [-0.1, -0.05) is 97.8 Å². The van der Waals surface area contributed by atoms with E-state index in [-0.39, 0.29) is 12.1 Å². The van der Waals surface area contributed by atoms with Crippen molar-refractivity contribution in [3.8, 4) is 0 Å². The van der Waals surface area contributed by atoms with Crippen LogP contribution in [0.4, 0.5) is 0 Å². The Bertz CT molecular complexity index is 1110. The first kappa shape index (κ1) is 18.7. The summed E-state index contributed by atoms with van der Waals surface area (Å²) in [6.45, 7) is 0. The lowest BCUT2D eigenvalue weighted by molar-refractivity contribution is 0.390. The van der Waals surface area contributed by atoms with E-state index >= 15 is 0 Å². The lowest BCUT2D eigenvalue weighted by Crippen LogP contribution is -2.27. The van der Waals surface area contributed by atoms with Gasteiger partial charge in [-0.3, -0.25) is 9.98 Å². The fourth-order valence-corrected chi connectivity index (χ4v) is 4.52. The third-order valence-corrected chi connectivity index (χ3v) is 6.15. The Hall–Kier alpha value is -3.26. The maximum absolute atomic E-state index is 5.02. The van der Waals surface area contributed by atoms with Gasteiger partial charge >= 0.3 is 0 Å². The highest BCUT2D eigenvalue weighted by atomic mass is 14.9. The van der Waals surface area contributed by atoms with Gasteiger partial charge in [-0.15, -0.1) is 0 Å². The van der Waals surface area contributed by atoms with Gasteiger partial charge in [0.15, 0.2) is 0 Å². The first-order valence-corrected chi connectivity index (χ1v) is 10.9. The highest BCUT2D eigenvalue weighted by Crippen LogP contribution is 2.25. The Kier molecular flexibility index (Phi) is 5.39. The third-order valence-electron chi connectivity index (χ3n) is 6.15. The lowest BCUT2D eigenvalue weighted by Gasteiger charge is -2.25. The first-order valence-electron chi connectivity index (χ1n) is 10.9. The molecule has 148 valence electrons. The van der Waals surface area contributed by atoms with Crippen LogP contribution in [0.5, 0.6) is 0 Å². The van der Waals surface area contributed by atoms with E-state index < -0.39 is 0 Å². The maximum Gasteiger partial charge on any atom is 0.0723 e. The molecule has 4 aromatic rings. The van der Waals surface area contributed by atoms with Gasteiger partial charge in [0.05, 0.1) is 12.1 Å². The molecule has 0 N–H and O–H groups in total. The summed E-state index contributed by atoms with van der Waals surface area (Å²) in [5, 5.41) is 5.04. The summed E-state index contributed by atoms with van der Waals surface area (Å²) in [6, 6.07) is 30.4. The van der Waals surface area contributed by atoms with E-state index in [9.17, 15) is 0 Å². The summed E-state index contributed by atoms with van der Waals surface area (Å²) in [4.78, 5) is 10.0. The number of fused-ring (bicyclic) bond motifs is 2. The molecule has 0 aromatic heterocycles. The van der Waals surface area contributed by atoms with Crippen molar-refractivity contribution in [3.05, 3.63) is 96.1 Å². The summed E-state index contributed by atoms with van der Waals surface area (Å²) >= 11 is 0. The Morgan fingerprint density at radius 2 is 0.967 bits per heavy atom. The topological polar surface area (TPSA) is 24.7 Å².